The second-order valence-corrected chi connectivity index (χ2v) is 10.6. The highest BCUT2D eigenvalue weighted by molar-refractivity contribution is 5.77. The van der Waals surface area contributed by atoms with Crippen LogP contribution in [0, 0.1) is 0 Å². The van der Waals surface area contributed by atoms with Crippen molar-refractivity contribution in [3.8, 4) is 0 Å². The minimum Gasteiger partial charge on any atom is -0.394 e. The number of hydrogen-bond acceptors (Lipinski definition) is 16. The van der Waals surface area contributed by atoms with Crippen molar-refractivity contribution in [1.82, 2.24) is 16.0 Å². The number of ether oxygens (including phenoxy) is 11. The molecular formula is C33H65N3O16. The number of amides is 3. The van der Waals surface area contributed by atoms with Crippen molar-refractivity contribution in [1.29, 1.82) is 0 Å². The van der Waals surface area contributed by atoms with Crippen molar-refractivity contribution in [2.45, 2.75) is 25.8 Å². The highest BCUT2D eigenvalue weighted by atomic mass is 16.6. The summed E-state index contributed by atoms with van der Waals surface area (Å²) in [6.07, 6.45) is 0.227. The van der Waals surface area contributed by atoms with E-state index in [0.29, 0.717) is 106 Å². The Morgan fingerprint density at radius 1 is 0.442 bits per heavy atom. The molecule has 0 saturated heterocycles. The van der Waals surface area contributed by atoms with Gasteiger partial charge in [0.2, 0.25) is 17.7 Å². The molecule has 0 atom stereocenters. The van der Waals surface area contributed by atoms with Gasteiger partial charge < -0.3 is 78.3 Å². The predicted octanol–water partition coefficient (Wildman–Crippen LogP) is -2.33. The van der Waals surface area contributed by atoms with Crippen molar-refractivity contribution >= 4 is 17.7 Å². The third-order valence-electron chi connectivity index (χ3n) is 6.23. The fourth-order valence-electron chi connectivity index (χ4n) is 3.74. The Balaban J connectivity index is 4.22. The van der Waals surface area contributed by atoms with Crippen LogP contribution in [0.2, 0.25) is 0 Å². The topological polar surface area (TPSA) is 229 Å². The molecule has 0 unspecified atom stereocenters. The lowest BCUT2D eigenvalue weighted by Gasteiger charge is -2.19. The zero-order valence-corrected chi connectivity index (χ0v) is 31.0. The smallest absolute Gasteiger partial charge is 0.246 e. The fraction of sp³-hybridized carbons (Fsp3) is 0.909. The van der Waals surface area contributed by atoms with Gasteiger partial charge in [-0.3, -0.25) is 14.4 Å². The Labute approximate surface area is 307 Å². The summed E-state index contributed by atoms with van der Waals surface area (Å²) in [7, 11) is 0. The van der Waals surface area contributed by atoms with E-state index < -0.39 is 6.04 Å². The third kappa shape index (κ3) is 39.1. The second kappa shape index (κ2) is 41.6. The Hall–Kier alpha value is -2.11. The lowest BCUT2D eigenvalue weighted by molar-refractivity contribution is -0.129. The van der Waals surface area contributed by atoms with Crippen LogP contribution in [-0.2, 0) is 66.5 Å². The van der Waals surface area contributed by atoms with E-state index in [4.69, 9.17) is 62.3 Å². The summed E-state index contributed by atoms with van der Waals surface area (Å²) in [5, 5.41) is 25.6. The number of aliphatic hydroxyl groups is 2. The Morgan fingerprint density at radius 3 is 1.21 bits per heavy atom. The van der Waals surface area contributed by atoms with E-state index in [1.807, 2.05) is 6.92 Å². The standard InChI is InChI=1S/C33H65N3O16/c1-2-42-15-16-47-25-26-52-29-33(41)36-30(27-50-9-3-31(39)34-5-11-43-17-21-48-23-19-45-13-7-37)28-51-10-4-32(40)35-6-12-44-18-22-49-24-20-46-14-8-38/h30,37-38H,2-29H2,1H3,(H,34,39)(H,35,40)(H,36,41). The quantitative estimate of drug-likeness (QED) is 0.0411. The summed E-state index contributed by atoms with van der Waals surface area (Å²) < 4.78 is 58.9. The average Bonchev–Trinajstić information content (AvgIpc) is 3.14. The van der Waals surface area contributed by atoms with Gasteiger partial charge in [-0.1, -0.05) is 0 Å². The minimum atomic E-state index is -0.543. The number of carbonyl (C=O) groups is 3. The number of rotatable bonds is 42. The van der Waals surface area contributed by atoms with Gasteiger partial charge in [0, 0.05) is 32.5 Å². The van der Waals surface area contributed by atoms with E-state index in [2.05, 4.69) is 16.0 Å². The molecule has 308 valence electrons. The normalized spacial score (nSPS) is 11.3. The first-order chi connectivity index (χ1) is 25.5. The largest absolute Gasteiger partial charge is 0.394 e. The number of carbonyl (C=O) groups excluding carboxylic acids is 3. The molecule has 19 heteroatoms. The molecule has 0 radical (unpaired) electrons. The van der Waals surface area contributed by atoms with Crippen molar-refractivity contribution in [3.63, 3.8) is 0 Å². The summed E-state index contributed by atoms with van der Waals surface area (Å²) in [5.74, 6) is -0.789. The zero-order valence-electron chi connectivity index (χ0n) is 31.0. The average molecular weight is 760 g/mol. The van der Waals surface area contributed by atoms with E-state index in [-0.39, 0.29) is 96.6 Å². The maximum atomic E-state index is 12.5. The van der Waals surface area contributed by atoms with Crippen molar-refractivity contribution in [2.75, 3.05) is 172 Å². The van der Waals surface area contributed by atoms with Gasteiger partial charge in [-0.2, -0.15) is 0 Å². The van der Waals surface area contributed by atoms with E-state index in [1.54, 1.807) is 0 Å². The van der Waals surface area contributed by atoms with E-state index in [9.17, 15) is 14.4 Å². The van der Waals surface area contributed by atoms with Gasteiger partial charge in [0.15, 0.2) is 0 Å². The van der Waals surface area contributed by atoms with Crippen molar-refractivity contribution < 1.29 is 76.7 Å². The minimum absolute atomic E-state index is 0.0237. The predicted molar refractivity (Wildman–Crippen MR) is 186 cm³/mol. The molecule has 0 aliphatic carbocycles. The maximum Gasteiger partial charge on any atom is 0.246 e. The first-order valence-electron chi connectivity index (χ1n) is 17.9. The molecule has 0 saturated carbocycles. The van der Waals surface area contributed by atoms with Gasteiger partial charge in [0.05, 0.1) is 151 Å². The van der Waals surface area contributed by atoms with Gasteiger partial charge >= 0.3 is 0 Å². The first kappa shape index (κ1) is 49.9. The maximum absolute atomic E-state index is 12.5. The zero-order chi connectivity index (χ0) is 38.0. The summed E-state index contributed by atoms with van der Waals surface area (Å²) >= 11 is 0. The van der Waals surface area contributed by atoms with Gasteiger partial charge in [-0.15, -0.1) is 0 Å². The Kier molecular flexibility index (Phi) is 40.0. The molecule has 0 spiro atoms. The van der Waals surface area contributed by atoms with Gasteiger partial charge in [-0.05, 0) is 6.92 Å². The number of nitrogens with one attached hydrogen (secondary N) is 3. The molecule has 0 aromatic heterocycles. The van der Waals surface area contributed by atoms with Crippen molar-refractivity contribution in [3.05, 3.63) is 0 Å². The Morgan fingerprint density at radius 2 is 0.808 bits per heavy atom. The Bertz CT molecular complexity index is 756. The van der Waals surface area contributed by atoms with E-state index in [0.717, 1.165) is 0 Å². The lowest BCUT2D eigenvalue weighted by atomic mass is 10.3. The molecule has 0 heterocycles. The number of hydrogen-bond donors (Lipinski definition) is 5. The summed E-state index contributed by atoms with van der Waals surface area (Å²) in [6.45, 7) is 9.25. The molecule has 0 fully saturated rings. The van der Waals surface area contributed by atoms with Crippen molar-refractivity contribution in [2.24, 2.45) is 0 Å². The van der Waals surface area contributed by atoms with Crippen LogP contribution < -0.4 is 16.0 Å². The number of aliphatic hydroxyl groups excluding tert-OH is 2. The van der Waals surface area contributed by atoms with Crippen LogP contribution in [0.15, 0.2) is 0 Å². The molecule has 0 aromatic carbocycles. The van der Waals surface area contributed by atoms with Crippen LogP contribution in [-0.4, -0.2) is 206 Å². The highest BCUT2D eigenvalue weighted by Gasteiger charge is 2.14. The second-order valence-electron chi connectivity index (χ2n) is 10.6. The van der Waals surface area contributed by atoms with Crippen LogP contribution in [0.4, 0.5) is 0 Å². The van der Waals surface area contributed by atoms with Crippen LogP contribution in [0.1, 0.15) is 19.8 Å². The van der Waals surface area contributed by atoms with Gasteiger partial charge in [-0.25, -0.2) is 0 Å². The molecule has 0 bridgehead atoms. The van der Waals surface area contributed by atoms with E-state index >= 15 is 0 Å². The van der Waals surface area contributed by atoms with E-state index in [1.165, 1.54) is 0 Å². The first-order valence-corrected chi connectivity index (χ1v) is 17.9. The molecule has 0 aliphatic heterocycles. The third-order valence-corrected chi connectivity index (χ3v) is 6.23. The lowest BCUT2D eigenvalue weighted by Crippen LogP contribution is -2.43. The monoisotopic (exact) mass is 759 g/mol. The van der Waals surface area contributed by atoms with Crippen LogP contribution in [0.25, 0.3) is 0 Å². The molecule has 3 amide bonds. The van der Waals surface area contributed by atoms with Crippen LogP contribution >= 0.6 is 0 Å². The summed E-state index contributed by atoms with van der Waals surface area (Å²) in [5.41, 5.74) is 0. The SMILES string of the molecule is CCOCCOCCOCC(=O)NC(COCCC(=O)NCCOCCOCCOCCO)COCCC(=O)NCCOCCOCCOCCO. The molecule has 52 heavy (non-hydrogen) atoms. The fourth-order valence-corrected chi connectivity index (χ4v) is 3.74. The molecule has 5 N–H and O–H groups in total. The molecule has 0 rings (SSSR count). The van der Waals surface area contributed by atoms with Crippen LogP contribution in [0.5, 0.6) is 0 Å². The van der Waals surface area contributed by atoms with Gasteiger partial charge in [0.1, 0.15) is 6.61 Å². The summed E-state index contributed by atoms with van der Waals surface area (Å²) in [6, 6.07) is -0.543. The molecule has 19 nitrogen and oxygen atoms in total. The van der Waals surface area contributed by atoms with Gasteiger partial charge in [0.25, 0.3) is 0 Å². The molecular weight excluding hydrogens is 694 g/mol. The molecule has 0 aliphatic rings. The highest BCUT2D eigenvalue weighted by Crippen LogP contribution is 1.95. The molecule has 0 aromatic rings. The van der Waals surface area contributed by atoms with Crippen LogP contribution in [0.3, 0.4) is 0 Å². The summed E-state index contributed by atoms with van der Waals surface area (Å²) in [4.78, 5) is 36.8.